The van der Waals surface area contributed by atoms with Gasteiger partial charge in [0.2, 0.25) is 0 Å². The number of hydrogen-bond acceptors (Lipinski definition) is 3. The van der Waals surface area contributed by atoms with Crippen molar-refractivity contribution in [3.8, 4) is 0 Å². The molecule has 0 radical (unpaired) electrons. The zero-order valence-corrected chi connectivity index (χ0v) is 7.17. The van der Waals surface area contributed by atoms with Gasteiger partial charge in [-0.25, -0.2) is 0 Å². The van der Waals surface area contributed by atoms with Crippen molar-refractivity contribution >= 4 is 18.1 Å². The second kappa shape index (κ2) is 3.88. The lowest BCUT2D eigenvalue weighted by atomic mass is 10.2. The predicted molar refractivity (Wildman–Crippen MR) is 53.1 cm³/mol. The first kappa shape index (κ1) is 8.74. The summed E-state index contributed by atoms with van der Waals surface area (Å²) in [5.74, 6) is 0. The lowest BCUT2D eigenvalue weighted by molar-refractivity contribution is 1.07. The van der Waals surface area contributed by atoms with Crippen LogP contribution in [0.4, 0.5) is 11.4 Å². The predicted octanol–water partition coefficient (Wildman–Crippen LogP) is 1.52. The minimum absolute atomic E-state index is 0.534. The minimum atomic E-state index is 0.534. The fraction of sp³-hybridized carbons (Fsp3) is 0.222. The molecule has 1 aromatic carbocycles. The summed E-state index contributed by atoms with van der Waals surface area (Å²) in [6.45, 7) is 4.02. The van der Waals surface area contributed by atoms with Crippen molar-refractivity contribution in [1.82, 2.24) is 0 Å². The van der Waals surface area contributed by atoms with Crippen LogP contribution in [0.3, 0.4) is 0 Å². The van der Waals surface area contributed by atoms with E-state index >= 15 is 0 Å². The maximum Gasteiger partial charge on any atom is 0.0856 e. The van der Waals surface area contributed by atoms with Gasteiger partial charge in [0.05, 0.1) is 11.4 Å². The molecule has 0 bridgehead atoms. The first-order valence-electron chi connectivity index (χ1n) is 3.79. The summed E-state index contributed by atoms with van der Waals surface area (Å²) in [5, 5.41) is 3.02. The Balaban J connectivity index is 3.10. The molecule has 64 valence electrons. The number of nitrogens with two attached hydrogens (primary N) is 1. The van der Waals surface area contributed by atoms with Gasteiger partial charge in [-0.05, 0) is 24.4 Å². The summed E-state index contributed by atoms with van der Waals surface area (Å²) in [5.41, 5.74) is 8.37. The number of aliphatic imine (C=N–C) groups is 1. The first-order chi connectivity index (χ1) is 5.81. The van der Waals surface area contributed by atoms with E-state index < -0.39 is 0 Å². The maximum absolute atomic E-state index is 5.48. The van der Waals surface area contributed by atoms with Gasteiger partial charge in [0, 0.05) is 13.6 Å². The van der Waals surface area contributed by atoms with Gasteiger partial charge >= 0.3 is 0 Å². The van der Waals surface area contributed by atoms with Crippen molar-refractivity contribution in [1.29, 1.82) is 0 Å². The highest BCUT2D eigenvalue weighted by atomic mass is 14.9. The molecule has 3 nitrogen and oxygen atoms in total. The summed E-state index contributed by atoms with van der Waals surface area (Å²) in [6.07, 6.45) is 0. The first-order valence-corrected chi connectivity index (χ1v) is 3.79. The van der Waals surface area contributed by atoms with E-state index in [0.717, 1.165) is 16.9 Å². The minimum Gasteiger partial charge on any atom is -0.386 e. The average molecular weight is 163 g/mol. The van der Waals surface area contributed by atoms with E-state index in [1.54, 1.807) is 0 Å². The van der Waals surface area contributed by atoms with Crippen LogP contribution in [-0.2, 0) is 6.54 Å². The normalized spacial score (nSPS) is 9.50. The van der Waals surface area contributed by atoms with E-state index in [1.165, 1.54) is 0 Å². The molecule has 0 saturated carbocycles. The van der Waals surface area contributed by atoms with Crippen LogP contribution in [0.2, 0.25) is 0 Å². The Morgan fingerprint density at radius 2 is 2.33 bits per heavy atom. The van der Waals surface area contributed by atoms with Gasteiger partial charge < -0.3 is 11.1 Å². The van der Waals surface area contributed by atoms with Gasteiger partial charge in [0.15, 0.2) is 0 Å². The zero-order chi connectivity index (χ0) is 8.97. The molecule has 12 heavy (non-hydrogen) atoms. The molecule has 1 aromatic rings. The fourth-order valence-corrected chi connectivity index (χ4v) is 1.05. The standard InChI is InChI=1S/C9H13N3/c1-11-8-4-3-7(6-10)5-9(8)12-2/h3-5,11H,2,6,10H2,1H3. The van der Waals surface area contributed by atoms with E-state index in [1.807, 2.05) is 25.2 Å². The molecule has 0 aliphatic rings. The van der Waals surface area contributed by atoms with Gasteiger partial charge in [0.1, 0.15) is 0 Å². The molecule has 0 aliphatic carbocycles. The smallest absolute Gasteiger partial charge is 0.0856 e. The van der Waals surface area contributed by atoms with Crippen molar-refractivity contribution in [2.45, 2.75) is 6.54 Å². The Morgan fingerprint density at radius 1 is 1.58 bits per heavy atom. The lowest BCUT2D eigenvalue weighted by Gasteiger charge is -2.05. The molecule has 0 heterocycles. The Labute approximate surface area is 72.3 Å². The monoisotopic (exact) mass is 163 g/mol. The molecule has 0 spiro atoms. The largest absolute Gasteiger partial charge is 0.386 e. The molecule has 0 amide bonds. The third kappa shape index (κ3) is 1.62. The number of nitrogens with zero attached hydrogens (tertiary/aromatic N) is 1. The second-order valence-electron chi connectivity index (χ2n) is 2.46. The number of nitrogens with one attached hydrogen (secondary N) is 1. The van der Waals surface area contributed by atoms with E-state index in [0.29, 0.717) is 6.54 Å². The molecule has 3 heteroatoms. The van der Waals surface area contributed by atoms with Crippen LogP contribution in [0.15, 0.2) is 23.2 Å². The van der Waals surface area contributed by atoms with Crippen LogP contribution in [0, 0.1) is 0 Å². The third-order valence-electron chi connectivity index (χ3n) is 1.74. The van der Waals surface area contributed by atoms with Crippen molar-refractivity contribution in [3.05, 3.63) is 23.8 Å². The number of anilines is 1. The average Bonchev–Trinajstić information content (AvgIpc) is 2.16. The number of benzene rings is 1. The summed E-state index contributed by atoms with van der Waals surface area (Å²) in [4.78, 5) is 3.88. The Hall–Kier alpha value is -1.35. The third-order valence-corrected chi connectivity index (χ3v) is 1.74. The highest BCUT2D eigenvalue weighted by Crippen LogP contribution is 2.24. The maximum atomic E-state index is 5.48. The topological polar surface area (TPSA) is 50.4 Å². The zero-order valence-electron chi connectivity index (χ0n) is 7.17. The summed E-state index contributed by atoms with van der Waals surface area (Å²) in [6, 6.07) is 5.85. The molecule has 0 aromatic heterocycles. The van der Waals surface area contributed by atoms with Crippen molar-refractivity contribution in [2.24, 2.45) is 10.7 Å². The van der Waals surface area contributed by atoms with Gasteiger partial charge in [-0.3, -0.25) is 4.99 Å². The van der Waals surface area contributed by atoms with Crippen LogP contribution in [0.5, 0.6) is 0 Å². The lowest BCUT2D eigenvalue weighted by Crippen LogP contribution is -1.96. The molecular weight excluding hydrogens is 150 g/mol. The van der Waals surface area contributed by atoms with Crippen molar-refractivity contribution < 1.29 is 0 Å². The number of rotatable bonds is 3. The summed E-state index contributed by atoms with van der Waals surface area (Å²) >= 11 is 0. The molecule has 0 aliphatic heterocycles. The van der Waals surface area contributed by atoms with Crippen LogP contribution < -0.4 is 11.1 Å². The van der Waals surface area contributed by atoms with Crippen molar-refractivity contribution in [2.75, 3.05) is 12.4 Å². The summed E-state index contributed by atoms with van der Waals surface area (Å²) in [7, 11) is 1.85. The number of hydrogen-bond donors (Lipinski definition) is 2. The molecule has 1 rings (SSSR count). The van der Waals surface area contributed by atoms with E-state index in [-0.39, 0.29) is 0 Å². The Bertz CT molecular complexity index is 281. The molecule has 0 saturated heterocycles. The fourth-order valence-electron chi connectivity index (χ4n) is 1.05. The Kier molecular flexibility index (Phi) is 2.82. The van der Waals surface area contributed by atoms with Crippen LogP contribution in [0.25, 0.3) is 0 Å². The van der Waals surface area contributed by atoms with Crippen LogP contribution in [0.1, 0.15) is 5.56 Å². The van der Waals surface area contributed by atoms with Gasteiger partial charge in [-0.15, -0.1) is 0 Å². The van der Waals surface area contributed by atoms with E-state index in [4.69, 9.17) is 5.73 Å². The molecular formula is C9H13N3. The summed E-state index contributed by atoms with van der Waals surface area (Å²) < 4.78 is 0. The SMILES string of the molecule is C=Nc1cc(CN)ccc1NC. The highest BCUT2D eigenvalue weighted by molar-refractivity contribution is 5.68. The molecule has 0 fully saturated rings. The van der Waals surface area contributed by atoms with Crippen LogP contribution >= 0.6 is 0 Å². The molecule has 0 unspecified atom stereocenters. The van der Waals surface area contributed by atoms with Gasteiger partial charge in [-0.2, -0.15) is 0 Å². The van der Waals surface area contributed by atoms with E-state index in [9.17, 15) is 0 Å². The Morgan fingerprint density at radius 3 is 2.83 bits per heavy atom. The molecule has 0 atom stereocenters. The van der Waals surface area contributed by atoms with Gasteiger partial charge in [0.25, 0.3) is 0 Å². The van der Waals surface area contributed by atoms with E-state index in [2.05, 4.69) is 17.0 Å². The highest BCUT2D eigenvalue weighted by Gasteiger charge is 1.98. The quantitative estimate of drug-likeness (QED) is 0.664. The molecule has 3 N–H and O–H groups in total. The second-order valence-corrected chi connectivity index (χ2v) is 2.46. The van der Waals surface area contributed by atoms with Crippen LogP contribution in [-0.4, -0.2) is 13.8 Å². The van der Waals surface area contributed by atoms with Crippen molar-refractivity contribution in [3.63, 3.8) is 0 Å². The van der Waals surface area contributed by atoms with Gasteiger partial charge in [-0.1, -0.05) is 6.07 Å².